The van der Waals surface area contributed by atoms with Crippen molar-refractivity contribution in [2.45, 2.75) is 6.54 Å². The van der Waals surface area contributed by atoms with Crippen LogP contribution < -0.4 is 11.3 Å². The number of benzene rings is 1. The average molecular weight is 205 g/mol. The summed E-state index contributed by atoms with van der Waals surface area (Å²) in [6.07, 6.45) is 1.80. The van der Waals surface area contributed by atoms with Crippen LogP contribution in [-0.4, -0.2) is 18.6 Å². The van der Waals surface area contributed by atoms with Gasteiger partial charge in [0.05, 0.1) is 12.9 Å². The van der Waals surface area contributed by atoms with Crippen LogP contribution >= 0.6 is 0 Å². The highest BCUT2D eigenvalue weighted by Crippen LogP contribution is 2.21. The maximum atomic E-state index is 5.45. The van der Waals surface area contributed by atoms with E-state index in [1.54, 1.807) is 6.26 Å². The molecular formula is C11H15N3O. The van der Waals surface area contributed by atoms with Gasteiger partial charge in [0.25, 0.3) is 0 Å². The first-order valence-corrected chi connectivity index (χ1v) is 4.88. The molecule has 0 aliphatic rings. The van der Waals surface area contributed by atoms with Crippen LogP contribution in [0.2, 0.25) is 0 Å². The highest BCUT2D eigenvalue weighted by atomic mass is 16.3. The first kappa shape index (κ1) is 10.2. The molecule has 80 valence electrons. The zero-order valence-electron chi connectivity index (χ0n) is 8.73. The van der Waals surface area contributed by atoms with Gasteiger partial charge in [-0.3, -0.25) is 10.7 Å². The molecule has 0 unspecified atom stereocenters. The van der Waals surface area contributed by atoms with Gasteiger partial charge in [-0.15, -0.1) is 0 Å². The first-order valence-electron chi connectivity index (χ1n) is 4.88. The van der Waals surface area contributed by atoms with E-state index in [1.165, 1.54) is 10.9 Å². The lowest BCUT2D eigenvalue weighted by Gasteiger charge is -2.14. The maximum absolute atomic E-state index is 5.45. The zero-order chi connectivity index (χ0) is 10.7. The Morgan fingerprint density at radius 2 is 2.20 bits per heavy atom. The van der Waals surface area contributed by atoms with Crippen molar-refractivity contribution >= 4 is 11.0 Å². The SMILES string of the molecule is CN(CNN)Cc1coc2ccccc12. The standard InChI is InChI=1S/C11H15N3O/c1-14(8-13-12)6-9-7-15-11-5-3-2-4-10(9)11/h2-5,7,13H,6,8,12H2,1H3. The van der Waals surface area contributed by atoms with E-state index in [4.69, 9.17) is 10.3 Å². The van der Waals surface area contributed by atoms with Crippen LogP contribution in [0.3, 0.4) is 0 Å². The number of fused-ring (bicyclic) bond motifs is 1. The summed E-state index contributed by atoms with van der Waals surface area (Å²) in [4.78, 5) is 2.08. The van der Waals surface area contributed by atoms with Gasteiger partial charge in [0.15, 0.2) is 0 Å². The molecule has 1 aromatic heterocycles. The molecule has 0 saturated heterocycles. The van der Waals surface area contributed by atoms with Gasteiger partial charge < -0.3 is 4.42 Å². The Morgan fingerprint density at radius 3 is 3.00 bits per heavy atom. The van der Waals surface area contributed by atoms with Crippen LogP contribution in [0.25, 0.3) is 11.0 Å². The highest BCUT2D eigenvalue weighted by molar-refractivity contribution is 5.80. The number of nitrogens with two attached hydrogens (primary N) is 1. The summed E-state index contributed by atoms with van der Waals surface area (Å²) in [7, 11) is 2.00. The summed E-state index contributed by atoms with van der Waals surface area (Å²) in [6, 6.07) is 8.03. The van der Waals surface area contributed by atoms with Crippen molar-refractivity contribution < 1.29 is 4.42 Å². The van der Waals surface area contributed by atoms with E-state index in [9.17, 15) is 0 Å². The zero-order valence-corrected chi connectivity index (χ0v) is 8.73. The van der Waals surface area contributed by atoms with Crippen molar-refractivity contribution in [3.63, 3.8) is 0 Å². The van der Waals surface area contributed by atoms with Gasteiger partial charge in [-0.05, 0) is 13.1 Å². The molecule has 0 aliphatic carbocycles. The van der Waals surface area contributed by atoms with Crippen LogP contribution in [0.5, 0.6) is 0 Å². The van der Waals surface area contributed by atoms with Crippen molar-refractivity contribution in [3.05, 3.63) is 36.1 Å². The number of hydrogen-bond donors (Lipinski definition) is 2. The lowest BCUT2D eigenvalue weighted by molar-refractivity contribution is 0.301. The van der Waals surface area contributed by atoms with Crippen molar-refractivity contribution in [1.29, 1.82) is 0 Å². The van der Waals surface area contributed by atoms with Gasteiger partial charge in [-0.2, -0.15) is 0 Å². The number of hydrazine groups is 1. The second kappa shape index (κ2) is 4.44. The third kappa shape index (κ3) is 2.18. The lowest BCUT2D eigenvalue weighted by atomic mass is 10.2. The van der Waals surface area contributed by atoms with Crippen molar-refractivity contribution in [2.24, 2.45) is 5.84 Å². The molecule has 0 radical (unpaired) electrons. The van der Waals surface area contributed by atoms with Crippen molar-refractivity contribution in [1.82, 2.24) is 10.3 Å². The number of furan rings is 1. The fourth-order valence-electron chi connectivity index (χ4n) is 1.66. The topological polar surface area (TPSA) is 54.4 Å². The second-order valence-electron chi connectivity index (χ2n) is 3.63. The predicted octanol–water partition coefficient (Wildman–Crippen LogP) is 1.29. The summed E-state index contributed by atoms with van der Waals surface area (Å²) in [5.74, 6) is 5.26. The van der Waals surface area contributed by atoms with Gasteiger partial charge in [-0.1, -0.05) is 18.2 Å². The summed E-state index contributed by atoms with van der Waals surface area (Å²) in [6.45, 7) is 1.47. The molecule has 1 aromatic carbocycles. The smallest absolute Gasteiger partial charge is 0.134 e. The van der Waals surface area contributed by atoms with Gasteiger partial charge in [0, 0.05) is 17.5 Å². The van der Waals surface area contributed by atoms with Crippen LogP contribution in [-0.2, 0) is 6.54 Å². The maximum Gasteiger partial charge on any atom is 0.134 e. The van der Waals surface area contributed by atoms with Crippen LogP contribution in [0.1, 0.15) is 5.56 Å². The van der Waals surface area contributed by atoms with E-state index in [-0.39, 0.29) is 0 Å². The van der Waals surface area contributed by atoms with E-state index in [2.05, 4.69) is 16.4 Å². The van der Waals surface area contributed by atoms with Crippen LogP contribution in [0.15, 0.2) is 34.9 Å². The molecule has 2 rings (SSSR count). The third-order valence-corrected chi connectivity index (χ3v) is 2.36. The van der Waals surface area contributed by atoms with Crippen LogP contribution in [0, 0.1) is 0 Å². The summed E-state index contributed by atoms with van der Waals surface area (Å²) < 4.78 is 5.45. The van der Waals surface area contributed by atoms with E-state index in [1.807, 2.05) is 25.2 Å². The van der Waals surface area contributed by atoms with Gasteiger partial charge in [0.1, 0.15) is 5.58 Å². The van der Waals surface area contributed by atoms with Gasteiger partial charge >= 0.3 is 0 Å². The molecule has 4 heteroatoms. The van der Waals surface area contributed by atoms with Gasteiger partial charge in [0.2, 0.25) is 0 Å². The minimum Gasteiger partial charge on any atom is -0.464 e. The molecule has 0 spiro atoms. The minimum absolute atomic E-state index is 0.652. The Bertz CT molecular complexity index is 438. The first-order chi connectivity index (χ1) is 7.31. The Kier molecular flexibility index (Phi) is 3.01. The molecule has 0 atom stereocenters. The number of rotatable bonds is 4. The fraction of sp³-hybridized carbons (Fsp3) is 0.273. The Balaban J connectivity index is 2.21. The molecule has 0 saturated carbocycles. The molecule has 1 heterocycles. The van der Waals surface area contributed by atoms with Gasteiger partial charge in [-0.25, -0.2) is 5.43 Å². The fourth-order valence-corrected chi connectivity index (χ4v) is 1.66. The minimum atomic E-state index is 0.652. The molecule has 2 aromatic rings. The molecule has 0 bridgehead atoms. The lowest BCUT2D eigenvalue weighted by Crippen LogP contribution is -2.34. The molecule has 15 heavy (non-hydrogen) atoms. The largest absolute Gasteiger partial charge is 0.464 e. The quantitative estimate of drug-likeness (QED) is 0.448. The number of nitrogens with one attached hydrogen (secondary N) is 1. The second-order valence-corrected chi connectivity index (χ2v) is 3.63. The normalized spacial score (nSPS) is 11.4. The molecule has 0 amide bonds. The highest BCUT2D eigenvalue weighted by Gasteiger charge is 2.06. The molecule has 0 fully saturated rings. The molecule has 3 N–H and O–H groups in total. The van der Waals surface area contributed by atoms with Crippen LogP contribution in [0.4, 0.5) is 0 Å². The average Bonchev–Trinajstić information content (AvgIpc) is 2.62. The Hall–Kier alpha value is -1.36. The number of hydrogen-bond acceptors (Lipinski definition) is 4. The van der Waals surface area contributed by atoms with Crippen molar-refractivity contribution in [2.75, 3.05) is 13.7 Å². The number of para-hydroxylation sites is 1. The number of nitrogens with zero attached hydrogens (tertiary/aromatic N) is 1. The monoisotopic (exact) mass is 205 g/mol. The van der Waals surface area contributed by atoms with E-state index in [0.29, 0.717) is 6.67 Å². The Morgan fingerprint density at radius 1 is 1.40 bits per heavy atom. The summed E-state index contributed by atoms with van der Waals surface area (Å²) in [5.41, 5.74) is 4.74. The van der Waals surface area contributed by atoms with E-state index < -0.39 is 0 Å². The van der Waals surface area contributed by atoms with E-state index in [0.717, 1.165) is 12.1 Å². The molecular weight excluding hydrogens is 190 g/mol. The molecule has 4 nitrogen and oxygen atoms in total. The van der Waals surface area contributed by atoms with Crippen molar-refractivity contribution in [3.8, 4) is 0 Å². The Labute approximate surface area is 88.6 Å². The summed E-state index contributed by atoms with van der Waals surface area (Å²) in [5, 5.41) is 1.17. The predicted molar refractivity (Wildman–Crippen MR) is 59.9 cm³/mol. The van der Waals surface area contributed by atoms with E-state index >= 15 is 0 Å². The summed E-state index contributed by atoms with van der Waals surface area (Å²) >= 11 is 0. The molecule has 0 aliphatic heterocycles. The third-order valence-electron chi connectivity index (χ3n) is 2.36.